The number of aromatic nitrogens is 1. The maximum absolute atomic E-state index is 13.7. The Kier molecular flexibility index (Phi) is 5.96. The molecule has 5 aromatic carbocycles. The van der Waals surface area contributed by atoms with Gasteiger partial charge in [0.1, 0.15) is 10.8 Å². The Morgan fingerprint density at radius 1 is 0.628 bits per heavy atom. The van der Waals surface area contributed by atoms with Gasteiger partial charge in [-0.1, -0.05) is 66.7 Å². The van der Waals surface area contributed by atoms with E-state index < -0.39 is 31.0 Å². The van der Waals surface area contributed by atoms with Crippen molar-refractivity contribution in [3.63, 3.8) is 0 Å². The highest BCUT2D eigenvalue weighted by molar-refractivity contribution is 7.93. The minimum atomic E-state index is -4.61. The number of hydrogen-bond donors (Lipinski definition) is 2. The Morgan fingerprint density at radius 3 is 1.81 bits per heavy atom. The average molecular weight is 609 g/mol. The van der Waals surface area contributed by atoms with Crippen molar-refractivity contribution in [1.82, 2.24) is 4.98 Å². The molecule has 0 aliphatic heterocycles. The predicted molar refractivity (Wildman–Crippen MR) is 162 cm³/mol. The molecule has 1 aromatic heterocycles. The lowest BCUT2D eigenvalue weighted by molar-refractivity contribution is 0.0888. The number of nitrogens with one attached hydrogen (secondary N) is 1. The summed E-state index contributed by atoms with van der Waals surface area (Å²) in [6, 6.07) is 27.1. The lowest BCUT2D eigenvalue weighted by atomic mass is 9.98. The molecule has 43 heavy (non-hydrogen) atoms. The van der Waals surface area contributed by atoms with Crippen LogP contribution in [0.2, 0.25) is 0 Å². The maximum Gasteiger partial charge on any atom is 0.295 e. The monoisotopic (exact) mass is 608 g/mol. The smallest absolute Gasteiger partial charge is 0.293 e. The van der Waals surface area contributed by atoms with Crippen molar-refractivity contribution in [2.24, 2.45) is 0 Å². The Hall–Kier alpha value is -4.97. The topological polar surface area (TPSA) is 148 Å². The van der Waals surface area contributed by atoms with Crippen molar-refractivity contribution < 1.29 is 31.0 Å². The molecule has 0 amide bonds. The van der Waals surface area contributed by atoms with Gasteiger partial charge in [-0.2, -0.15) is 8.42 Å². The highest BCUT2D eigenvalue weighted by Crippen LogP contribution is 2.37. The molecule has 11 heteroatoms. The molecular formula is C32H20N2O7S2. The van der Waals surface area contributed by atoms with Crippen LogP contribution in [0.3, 0.4) is 0 Å². The van der Waals surface area contributed by atoms with Gasteiger partial charge in [-0.05, 0) is 47.2 Å². The number of para-hydroxylation sites is 1. The minimum absolute atomic E-state index is 0.0386. The maximum atomic E-state index is 13.7. The van der Waals surface area contributed by atoms with Crippen LogP contribution >= 0.6 is 0 Å². The molecule has 0 saturated heterocycles. The van der Waals surface area contributed by atoms with Gasteiger partial charge in [0.2, 0.25) is 0 Å². The Balaban J connectivity index is 1.31. The summed E-state index contributed by atoms with van der Waals surface area (Å²) in [5, 5.41) is 2.37. The van der Waals surface area contributed by atoms with Gasteiger partial charge < -0.3 is 0 Å². The van der Waals surface area contributed by atoms with Gasteiger partial charge in [-0.15, -0.1) is 0 Å². The van der Waals surface area contributed by atoms with Crippen LogP contribution in [0, 0.1) is 0 Å². The van der Waals surface area contributed by atoms with Crippen LogP contribution in [0.15, 0.2) is 113 Å². The number of hydrogen-bond acceptors (Lipinski definition) is 7. The van der Waals surface area contributed by atoms with E-state index >= 15 is 0 Å². The van der Waals surface area contributed by atoms with Crippen LogP contribution in [-0.4, -0.2) is 37.9 Å². The third-order valence-electron chi connectivity index (χ3n) is 7.63. The van der Waals surface area contributed by atoms with Gasteiger partial charge in [0.05, 0.1) is 21.8 Å². The number of nitrogens with zero attached hydrogens (tertiary/aromatic N) is 1. The standard InChI is InChI=1S/C32H20N2O7S2/c35-31-23-16-19-6-1-2-7-20(19)17-24(23)32(36)29(31)25-15-14-18-8-3-11-26(30(18)33-25)34-42(37,38)27-12-4-10-22-21(27)9-5-13-28(22)43(39,40)41/h1-17,29,34H,(H,39,40,41). The van der Waals surface area contributed by atoms with E-state index in [2.05, 4.69) is 9.71 Å². The number of fused-ring (bicyclic) bond motifs is 4. The molecule has 0 spiro atoms. The number of anilines is 1. The van der Waals surface area contributed by atoms with E-state index in [1.807, 2.05) is 24.3 Å². The predicted octanol–water partition coefficient (Wildman–Crippen LogP) is 5.75. The number of Topliss-reactive ketones (excluding diaryl/α,β-unsaturated/α-hetero) is 2. The van der Waals surface area contributed by atoms with Crippen LogP contribution in [-0.2, 0) is 20.1 Å². The first-order chi connectivity index (χ1) is 20.5. The quantitative estimate of drug-likeness (QED) is 0.186. The summed E-state index contributed by atoms with van der Waals surface area (Å²) in [5.41, 5.74) is 1.17. The van der Waals surface area contributed by atoms with Gasteiger partial charge in [-0.25, -0.2) is 13.4 Å². The normalized spacial score (nSPS) is 14.1. The highest BCUT2D eigenvalue weighted by Gasteiger charge is 2.41. The summed E-state index contributed by atoms with van der Waals surface area (Å²) in [5.74, 6) is -1.92. The lowest BCUT2D eigenvalue weighted by Gasteiger charge is -2.14. The molecule has 1 aliphatic carbocycles. The van der Waals surface area contributed by atoms with Gasteiger partial charge in [0, 0.05) is 27.3 Å². The first-order valence-electron chi connectivity index (χ1n) is 13.1. The molecule has 212 valence electrons. The van der Waals surface area contributed by atoms with Gasteiger partial charge >= 0.3 is 0 Å². The van der Waals surface area contributed by atoms with E-state index in [-0.39, 0.29) is 44.1 Å². The van der Waals surface area contributed by atoms with Crippen LogP contribution < -0.4 is 4.72 Å². The Morgan fingerprint density at radius 2 is 1.19 bits per heavy atom. The number of carbonyl (C=O) groups excluding carboxylic acids is 2. The van der Waals surface area contributed by atoms with E-state index in [0.717, 1.165) is 10.8 Å². The molecule has 1 heterocycles. The number of sulfonamides is 1. The van der Waals surface area contributed by atoms with E-state index in [1.54, 1.807) is 36.4 Å². The van der Waals surface area contributed by atoms with Gasteiger partial charge in [0.15, 0.2) is 11.6 Å². The Labute approximate surface area is 245 Å². The van der Waals surface area contributed by atoms with Crippen molar-refractivity contribution in [2.45, 2.75) is 15.7 Å². The largest absolute Gasteiger partial charge is 0.295 e. The summed E-state index contributed by atoms with van der Waals surface area (Å²) in [4.78, 5) is 30.9. The molecule has 0 radical (unpaired) electrons. The molecule has 0 atom stereocenters. The van der Waals surface area contributed by atoms with E-state index in [1.165, 1.54) is 42.5 Å². The number of pyridine rings is 1. The fourth-order valence-corrected chi connectivity index (χ4v) is 7.66. The van der Waals surface area contributed by atoms with Gasteiger partial charge in [-0.3, -0.25) is 18.9 Å². The zero-order valence-corrected chi connectivity index (χ0v) is 23.7. The van der Waals surface area contributed by atoms with Crippen molar-refractivity contribution >= 4 is 69.8 Å². The summed E-state index contributed by atoms with van der Waals surface area (Å²) in [6.45, 7) is 0. The SMILES string of the molecule is O=C1c2cc3ccccc3cc2C(=O)C1c1ccc2cccc(NS(=O)(=O)c3cccc4c(S(=O)(=O)O)cccc34)c2n1. The molecule has 9 nitrogen and oxygen atoms in total. The summed E-state index contributed by atoms with van der Waals surface area (Å²) >= 11 is 0. The molecule has 2 N–H and O–H groups in total. The lowest BCUT2D eigenvalue weighted by Crippen LogP contribution is -2.16. The van der Waals surface area contributed by atoms with E-state index in [0.29, 0.717) is 16.5 Å². The summed E-state index contributed by atoms with van der Waals surface area (Å²) in [7, 11) is -8.93. The molecule has 0 unspecified atom stereocenters. The second-order valence-electron chi connectivity index (χ2n) is 10.2. The van der Waals surface area contributed by atoms with E-state index in [9.17, 15) is 31.0 Å². The number of rotatable bonds is 5. The fourth-order valence-electron chi connectivity index (χ4n) is 5.66. The third kappa shape index (κ3) is 4.36. The van der Waals surface area contributed by atoms with Crippen molar-refractivity contribution in [3.05, 3.63) is 120 Å². The number of carbonyl (C=O) groups is 2. The van der Waals surface area contributed by atoms with E-state index in [4.69, 9.17) is 0 Å². The van der Waals surface area contributed by atoms with Crippen LogP contribution in [0.1, 0.15) is 32.3 Å². The molecule has 7 rings (SSSR count). The molecule has 0 saturated carbocycles. The number of ketones is 2. The van der Waals surface area contributed by atoms with Crippen molar-refractivity contribution in [2.75, 3.05) is 4.72 Å². The second kappa shape index (κ2) is 9.53. The van der Waals surface area contributed by atoms with Gasteiger partial charge in [0.25, 0.3) is 20.1 Å². The first kappa shape index (κ1) is 26.9. The van der Waals surface area contributed by atoms with Crippen LogP contribution in [0.25, 0.3) is 32.4 Å². The average Bonchev–Trinajstić information content (AvgIpc) is 3.23. The first-order valence-corrected chi connectivity index (χ1v) is 16.0. The van der Waals surface area contributed by atoms with Crippen molar-refractivity contribution in [1.29, 1.82) is 0 Å². The summed E-state index contributed by atoms with van der Waals surface area (Å²) < 4.78 is 63.3. The molecule has 0 fully saturated rings. The van der Waals surface area contributed by atoms with Crippen molar-refractivity contribution in [3.8, 4) is 0 Å². The summed E-state index contributed by atoms with van der Waals surface area (Å²) in [6.07, 6.45) is 0. The molecular weight excluding hydrogens is 588 g/mol. The van der Waals surface area contributed by atoms with Crippen LogP contribution in [0.4, 0.5) is 5.69 Å². The second-order valence-corrected chi connectivity index (χ2v) is 13.2. The third-order valence-corrected chi connectivity index (χ3v) is 9.97. The minimum Gasteiger partial charge on any atom is -0.293 e. The zero-order valence-electron chi connectivity index (χ0n) is 22.1. The zero-order chi connectivity index (χ0) is 30.1. The Bertz CT molecular complexity index is 2370. The fraction of sp³-hybridized carbons (Fsp3) is 0.0312. The molecule has 6 aromatic rings. The highest BCUT2D eigenvalue weighted by atomic mass is 32.2. The molecule has 0 bridgehead atoms. The van der Waals surface area contributed by atoms with Crippen LogP contribution in [0.5, 0.6) is 0 Å². The number of benzene rings is 5. The molecule has 1 aliphatic rings.